The van der Waals surface area contributed by atoms with Crippen LogP contribution in [0.4, 0.5) is 5.95 Å². The zero-order valence-corrected chi connectivity index (χ0v) is 14.2. The number of nitriles is 1. The lowest BCUT2D eigenvalue weighted by molar-refractivity contribution is 0.0998. The number of benzene rings is 2. The minimum absolute atomic E-state index is 0.249. The molecular weight excluding hydrogens is 342 g/mol. The summed E-state index contributed by atoms with van der Waals surface area (Å²) in [7, 11) is 0. The molecule has 27 heavy (non-hydrogen) atoms. The maximum Gasteiger partial charge on any atom is 0.248 e. The topological polar surface area (TPSA) is 122 Å². The van der Waals surface area contributed by atoms with Crippen LogP contribution < -0.4 is 11.1 Å². The van der Waals surface area contributed by atoms with E-state index in [-0.39, 0.29) is 5.78 Å². The average molecular weight is 357 g/mol. The molecule has 0 atom stereocenters. The molecule has 0 aliphatic rings. The number of aromatic nitrogens is 2. The van der Waals surface area contributed by atoms with Crippen molar-refractivity contribution in [2.24, 2.45) is 5.73 Å². The molecule has 0 unspecified atom stereocenters. The summed E-state index contributed by atoms with van der Waals surface area (Å²) < 4.78 is 0. The number of hydrogen-bond donors (Lipinski definition) is 2. The van der Waals surface area contributed by atoms with Gasteiger partial charge in [0, 0.05) is 30.1 Å². The second-order valence-electron chi connectivity index (χ2n) is 5.73. The fraction of sp³-hybridized carbons (Fsp3) is 0.0500. The Morgan fingerprint density at radius 3 is 2.33 bits per heavy atom. The van der Waals surface area contributed by atoms with E-state index < -0.39 is 5.91 Å². The van der Waals surface area contributed by atoms with Crippen LogP contribution in [0.1, 0.15) is 37.4 Å². The molecular formula is C20H15N5O2. The van der Waals surface area contributed by atoms with Gasteiger partial charge in [0.1, 0.15) is 0 Å². The lowest BCUT2D eigenvalue weighted by atomic mass is 10.0. The number of amides is 1. The second-order valence-corrected chi connectivity index (χ2v) is 5.73. The van der Waals surface area contributed by atoms with Crippen molar-refractivity contribution in [1.82, 2.24) is 9.97 Å². The van der Waals surface area contributed by atoms with E-state index in [9.17, 15) is 9.59 Å². The van der Waals surface area contributed by atoms with E-state index in [0.29, 0.717) is 34.7 Å². The van der Waals surface area contributed by atoms with Gasteiger partial charge in [-0.05, 0) is 29.8 Å². The van der Waals surface area contributed by atoms with Gasteiger partial charge in [0.05, 0.1) is 17.2 Å². The Bertz CT molecular complexity index is 1020. The van der Waals surface area contributed by atoms with Crippen LogP contribution in [0, 0.1) is 11.3 Å². The molecule has 0 saturated carbocycles. The Morgan fingerprint density at radius 2 is 1.70 bits per heavy atom. The van der Waals surface area contributed by atoms with Gasteiger partial charge in [0.25, 0.3) is 0 Å². The van der Waals surface area contributed by atoms with Crippen LogP contribution in [-0.4, -0.2) is 21.7 Å². The first kappa shape index (κ1) is 17.8. The average Bonchev–Trinajstić information content (AvgIpc) is 2.72. The van der Waals surface area contributed by atoms with Gasteiger partial charge < -0.3 is 11.1 Å². The van der Waals surface area contributed by atoms with Crippen molar-refractivity contribution < 1.29 is 9.59 Å². The Balaban J connectivity index is 1.65. The molecule has 3 rings (SSSR count). The Morgan fingerprint density at radius 1 is 1.00 bits per heavy atom. The highest BCUT2D eigenvalue weighted by atomic mass is 16.1. The van der Waals surface area contributed by atoms with Gasteiger partial charge >= 0.3 is 0 Å². The molecule has 0 aliphatic heterocycles. The number of carbonyl (C=O) groups is 2. The minimum atomic E-state index is -0.474. The van der Waals surface area contributed by atoms with Gasteiger partial charge in [-0.2, -0.15) is 5.26 Å². The highest BCUT2D eigenvalue weighted by molar-refractivity contribution is 6.08. The first-order chi connectivity index (χ1) is 13.1. The van der Waals surface area contributed by atoms with Gasteiger partial charge in [-0.25, -0.2) is 9.97 Å². The van der Waals surface area contributed by atoms with E-state index in [1.807, 2.05) is 6.07 Å². The molecule has 0 bridgehead atoms. The first-order valence-corrected chi connectivity index (χ1v) is 8.06. The Labute approximate surface area is 155 Å². The number of rotatable bonds is 6. The van der Waals surface area contributed by atoms with Crippen molar-refractivity contribution in [1.29, 1.82) is 5.26 Å². The fourth-order valence-electron chi connectivity index (χ4n) is 2.40. The van der Waals surface area contributed by atoms with Crippen molar-refractivity contribution in [3.8, 4) is 6.07 Å². The van der Waals surface area contributed by atoms with Crippen LogP contribution in [0.3, 0.4) is 0 Å². The SMILES string of the molecule is N#Cc1cccc(C(=O)c2cnc(NCc3ccc(C(N)=O)cc3)nc2)c1. The third kappa shape index (κ3) is 4.32. The Hall–Kier alpha value is -4.05. The fourth-order valence-corrected chi connectivity index (χ4v) is 2.40. The van der Waals surface area contributed by atoms with Crippen LogP contribution in [0.25, 0.3) is 0 Å². The summed E-state index contributed by atoms with van der Waals surface area (Å²) in [6.45, 7) is 0.455. The number of ketones is 1. The zero-order valence-electron chi connectivity index (χ0n) is 14.2. The highest BCUT2D eigenvalue weighted by Gasteiger charge is 2.11. The molecule has 3 N–H and O–H groups in total. The van der Waals surface area contributed by atoms with Crippen LogP contribution in [-0.2, 0) is 6.54 Å². The van der Waals surface area contributed by atoms with E-state index in [2.05, 4.69) is 15.3 Å². The lowest BCUT2D eigenvalue weighted by Crippen LogP contribution is -2.11. The van der Waals surface area contributed by atoms with Gasteiger partial charge in [-0.15, -0.1) is 0 Å². The quantitative estimate of drug-likeness (QED) is 0.653. The number of nitrogens with two attached hydrogens (primary N) is 1. The van der Waals surface area contributed by atoms with Crippen molar-refractivity contribution in [3.05, 3.63) is 88.7 Å². The normalized spacial score (nSPS) is 10.0. The molecule has 3 aromatic rings. The van der Waals surface area contributed by atoms with Gasteiger partial charge in [0.15, 0.2) is 5.78 Å². The van der Waals surface area contributed by atoms with Gasteiger partial charge in [-0.1, -0.05) is 24.3 Å². The number of nitrogens with one attached hydrogen (secondary N) is 1. The van der Waals surface area contributed by atoms with Crippen molar-refractivity contribution in [3.63, 3.8) is 0 Å². The monoisotopic (exact) mass is 357 g/mol. The maximum atomic E-state index is 12.4. The molecule has 7 heteroatoms. The number of nitrogens with zero attached hydrogens (tertiary/aromatic N) is 3. The second kappa shape index (κ2) is 7.89. The summed E-state index contributed by atoms with van der Waals surface area (Å²) in [4.78, 5) is 31.8. The maximum absolute atomic E-state index is 12.4. The zero-order chi connectivity index (χ0) is 19.2. The van der Waals surface area contributed by atoms with E-state index >= 15 is 0 Å². The molecule has 0 spiro atoms. The van der Waals surface area contributed by atoms with Crippen LogP contribution in [0.2, 0.25) is 0 Å². The Kier molecular flexibility index (Phi) is 5.19. The van der Waals surface area contributed by atoms with Gasteiger partial charge in [0.2, 0.25) is 11.9 Å². The van der Waals surface area contributed by atoms with Crippen molar-refractivity contribution in [2.45, 2.75) is 6.54 Å². The predicted octanol–water partition coefficient (Wildman–Crippen LogP) is 2.29. The van der Waals surface area contributed by atoms with E-state index in [1.54, 1.807) is 42.5 Å². The smallest absolute Gasteiger partial charge is 0.248 e. The molecule has 1 heterocycles. The van der Waals surface area contributed by atoms with E-state index in [4.69, 9.17) is 11.0 Å². The third-order valence-electron chi connectivity index (χ3n) is 3.86. The van der Waals surface area contributed by atoms with Crippen molar-refractivity contribution >= 4 is 17.6 Å². The molecule has 0 saturated heterocycles. The number of anilines is 1. The molecule has 7 nitrogen and oxygen atoms in total. The molecule has 132 valence electrons. The number of primary amides is 1. The van der Waals surface area contributed by atoms with E-state index in [1.165, 1.54) is 18.5 Å². The number of hydrogen-bond acceptors (Lipinski definition) is 6. The summed E-state index contributed by atoms with van der Waals surface area (Å²) in [5.41, 5.74) is 7.74. The summed E-state index contributed by atoms with van der Waals surface area (Å²) in [6.07, 6.45) is 2.87. The van der Waals surface area contributed by atoms with Crippen LogP contribution >= 0.6 is 0 Å². The summed E-state index contributed by atoms with van der Waals surface area (Å²) >= 11 is 0. The molecule has 2 aromatic carbocycles. The standard InChI is InChI=1S/C20H15N5O2/c21-9-14-2-1-3-16(8-14)18(26)17-11-24-20(25-12-17)23-10-13-4-6-15(7-5-13)19(22)27/h1-8,11-12H,10H2,(H2,22,27)(H,23,24,25). The predicted molar refractivity (Wildman–Crippen MR) is 98.9 cm³/mol. The van der Waals surface area contributed by atoms with Crippen LogP contribution in [0.15, 0.2) is 60.9 Å². The van der Waals surface area contributed by atoms with Crippen molar-refractivity contribution in [2.75, 3.05) is 5.32 Å². The van der Waals surface area contributed by atoms with Gasteiger partial charge in [-0.3, -0.25) is 9.59 Å². The molecule has 1 amide bonds. The molecule has 0 fully saturated rings. The minimum Gasteiger partial charge on any atom is -0.366 e. The summed E-state index contributed by atoms with van der Waals surface area (Å²) in [5.74, 6) is -0.351. The highest BCUT2D eigenvalue weighted by Crippen LogP contribution is 2.12. The van der Waals surface area contributed by atoms with E-state index in [0.717, 1.165) is 5.56 Å². The number of carbonyl (C=O) groups excluding carboxylic acids is 2. The molecule has 1 aromatic heterocycles. The summed E-state index contributed by atoms with van der Waals surface area (Å²) in [6, 6.07) is 15.3. The first-order valence-electron chi connectivity index (χ1n) is 8.06. The summed E-state index contributed by atoms with van der Waals surface area (Å²) in [5, 5.41) is 12.0. The third-order valence-corrected chi connectivity index (χ3v) is 3.86. The molecule has 0 aliphatic carbocycles. The van der Waals surface area contributed by atoms with Crippen LogP contribution in [0.5, 0.6) is 0 Å². The molecule has 0 radical (unpaired) electrons. The largest absolute Gasteiger partial charge is 0.366 e. The lowest BCUT2D eigenvalue weighted by Gasteiger charge is -2.06.